The Hall–Kier alpha value is -1.99. The van der Waals surface area contributed by atoms with Crippen molar-refractivity contribution in [2.45, 2.75) is 78.6 Å². The number of rotatable bonds is 7. The van der Waals surface area contributed by atoms with Crippen LogP contribution in [0, 0.1) is 17.8 Å². The molecule has 2 amide bonds. The van der Waals surface area contributed by atoms with Gasteiger partial charge in [-0.3, -0.25) is 4.79 Å². The summed E-state index contributed by atoms with van der Waals surface area (Å²) in [5.41, 5.74) is -1.15. The molecule has 1 aliphatic rings. The second-order valence-corrected chi connectivity index (χ2v) is 9.44. The number of alkyl carbamates (subject to hydrolysis) is 2. The van der Waals surface area contributed by atoms with E-state index in [2.05, 4.69) is 10.6 Å². The molecule has 28 heavy (non-hydrogen) atoms. The zero-order valence-electron chi connectivity index (χ0n) is 18.4. The van der Waals surface area contributed by atoms with Gasteiger partial charge in [-0.15, -0.1) is 0 Å². The Morgan fingerprint density at radius 1 is 0.964 bits per heavy atom. The van der Waals surface area contributed by atoms with Crippen LogP contribution in [0.3, 0.4) is 0 Å². The van der Waals surface area contributed by atoms with Crippen molar-refractivity contribution in [3.8, 4) is 0 Å². The molecule has 0 radical (unpaired) electrons. The first-order valence-corrected chi connectivity index (χ1v) is 9.76. The number of ether oxygens (including phenoxy) is 3. The molecule has 162 valence electrons. The van der Waals surface area contributed by atoms with Gasteiger partial charge in [0.2, 0.25) is 0 Å². The average Bonchev–Trinajstić information content (AvgIpc) is 3.24. The maximum atomic E-state index is 12.2. The van der Waals surface area contributed by atoms with Gasteiger partial charge < -0.3 is 24.8 Å². The fraction of sp³-hybridized carbons (Fsp3) is 0.850. The van der Waals surface area contributed by atoms with E-state index in [4.69, 9.17) is 14.2 Å². The smallest absolute Gasteiger partial charge is 0.407 e. The van der Waals surface area contributed by atoms with Crippen LogP contribution in [-0.4, -0.2) is 49.1 Å². The highest BCUT2D eigenvalue weighted by Crippen LogP contribution is 2.43. The second-order valence-electron chi connectivity index (χ2n) is 9.44. The number of carbonyl (C=O) groups is 3. The quantitative estimate of drug-likeness (QED) is 0.502. The third-order valence-electron chi connectivity index (χ3n) is 4.39. The van der Waals surface area contributed by atoms with Crippen LogP contribution in [0.1, 0.15) is 61.3 Å². The molecule has 8 heteroatoms. The van der Waals surface area contributed by atoms with E-state index in [0.717, 1.165) is 6.42 Å². The molecule has 0 saturated heterocycles. The van der Waals surface area contributed by atoms with Crippen LogP contribution < -0.4 is 10.6 Å². The van der Waals surface area contributed by atoms with Gasteiger partial charge >= 0.3 is 18.2 Å². The Morgan fingerprint density at radius 3 is 2.00 bits per heavy atom. The number of hydrogen-bond acceptors (Lipinski definition) is 6. The summed E-state index contributed by atoms with van der Waals surface area (Å²) in [6.07, 6.45) is 0.475. The summed E-state index contributed by atoms with van der Waals surface area (Å²) < 4.78 is 15.4. The van der Waals surface area contributed by atoms with Gasteiger partial charge in [0.15, 0.2) is 0 Å². The number of esters is 1. The molecule has 0 aromatic carbocycles. The van der Waals surface area contributed by atoms with E-state index in [-0.39, 0.29) is 17.8 Å². The molecule has 1 aliphatic carbocycles. The Balaban J connectivity index is 2.51. The van der Waals surface area contributed by atoms with Gasteiger partial charge in [0.05, 0.1) is 13.0 Å². The highest BCUT2D eigenvalue weighted by molar-refractivity contribution is 5.75. The van der Waals surface area contributed by atoms with Gasteiger partial charge in [-0.2, -0.15) is 0 Å². The van der Waals surface area contributed by atoms with Crippen LogP contribution in [0.5, 0.6) is 0 Å². The average molecular weight is 401 g/mol. The van der Waals surface area contributed by atoms with Crippen molar-refractivity contribution >= 4 is 18.2 Å². The van der Waals surface area contributed by atoms with Gasteiger partial charge in [-0.25, -0.2) is 9.59 Å². The van der Waals surface area contributed by atoms with Gasteiger partial charge in [0.25, 0.3) is 0 Å². The maximum Gasteiger partial charge on any atom is 0.407 e. The summed E-state index contributed by atoms with van der Waals surface area (Å²) >= 11 is 0. The molecule has 2 unspecified atom stereocenters. The van der Waals surface area contributed by atoms with Crippen LogP contribution in [0.25, 0.3) is 0 Å². The predicted octanol–water partition coefficient (Wildman–Crippen LogP) is 3.24. The SMILES string of the molecule is COC(=O)[C@H](CC1CC1CNC(=O)OC(C)(C)C)[C@@H](C)NC(=O)OC(C)(C)C. The topological polar surface area (TPSA) is 103 Å². The van der Waals surface area contributed by atoms with Crippen molar-refractivity contribution in [1.82, 2.24) is 10.6 Å². The van der Waals surface area contributed by atoms with E-state index in [0.29, 0.717) is 13.0 Å². The Morgan fingerprint density at radius 2 is 1.50 bits per heavy atom. The van der Waals surface area contributed by atoms with Crippen LogP contribution >= 0.6 is 0 Å². The minimum atomic E-state index is -0.612. The lowest BCUT2D eigenvalue weighted by atomic mass is 9.94. The van der Waals surface area contributed by atoms with E-state index in [1.807, 2.05) is 20.8 Å². The van der Waals surface area contributed by atoms with Crippen LogP contribution in [0.2, 0.25) is 0 Å². The summed E-state index contributed by atoms with van der Waals surface area (Å²) in [5, 5.41) is 5.49. The zero-order valence-corrected chi connectivity index (χ0v) is 18.4. The van der Waals surface area contributed by atoms with Crippen molar-refractivity contribution in [3.63, 3.8) is 0 Å². The minimum Gasteiger partial charge on any atom is -0.469 e. The molecular weight excluding hydrogens is 364 g/mol. The second kappa shape index (κ2) is 9.47. The van der Waals surface area contributed by atoms with E-state index < -0.39 is 35.3 Å². The van der Waals surface area contributed by atoms with Gasteiger partial charge in [-0.05, 0) is 73.1 Å². The Kier molecular flexibility index (Phi) is 8.14. The molecule has 1 rings (SSSR count). The summed E-state index contributed by atoms with van der Waals surface area (Å²) in [4.78, 5) is 36.0. The van der Waals surface area contributed by atoms with Crippen molar-refractivity contribution in [2.24, 2.45) is 17.8 Å². The molecule has 0 heterocycles. The molecule has 0 aromatic heterocycles. The predicted molar refractivity (Wildman–Crippen MR) is 105 cm³/mol. The Bertz CT molecular complexity index is 564. The Labute approximate surface area is 168 Å². The van der Waals surface area contributed by atoms with Crippen molar-refractivity contribution < 1.29 is 28.6 Å². The number of nitrogens with one attached hydrogen (secondary N) is 2. The zero-order chi connectivity index (χ0) is 21.7. The lowest BCUT2D eigenvalue weighted by Crippen LogP contribution is -2.44. The minimum absolute atomic E-state index is 0.280. The normalized spacial score (nSPS) is 21.1. The largest absolute Gasteiger partial charge is 0.469 e. The summed E-state index contributed by atoms with van der Waals surface area (Å²) in [6.45, 7) is 13.0. The third-order valence-corrected chi connectivity index (χ3v) is 4.39. The van der Waals surface area contributed by atoms with Gasteiger partial charge in [-0.1, -0.05) is 0 Å². The number of carbonyl (C=O) groups excluding carboxylic acids is 3. The molecule has 0 aromatic rings. The molecule has 1 saturated carbocycles. The molecule has 8 nitrogen and oxygen atoms in total. The number of methoxy groups -OCH3 is 1. The van der Waals surface area contributed by atoms with Crippen molar-refractivity contribution in [2.75, 3.05) is 13.7 Å². The lowest BCUT2D eigenvalue weighted by molar-refractivity contribution is -0.146. The van der Waals surface area contributed by atoms with Crippen LogP contribution in [0.4, 0.5) is 9.59 Å². The first kappa shape index (κ1) is 24.0. The first-order valence-electron chi connectivity index (χ1n) is 9.76. The highest BCUT2D eigenvalue weighted by atomic mass is 16.6. The van der Waals surface area contributed by atoms with E-state index in [1.54, 1.807) is 27.7 Å². The summed E-state index contributed by atoms with van der Waals surface area (Å²) in [7, 11) is 1.34. The monoisotopic (exact) mass is 400 g/mol. The van der Waals surface area contributed by atoms with Crippen LogP contribution in [-0.2, 0) is 19.0 Å². The van der Waals surface area contributed by atoms with E-state index >= 15 is 0 Å². The van der Waals surface area contributed by atoms with E-state index in [9.17, 15) is 14.4 Å². The van der Waals surface area contributed by atoms with Crippen LogP contribution in [0.15, 0.2) is 0 Å². The molecular formula is C20H36N2O6. The molecule has 0 aliphatic heterocycles. The van der Waals surface area contributed by atoms with Crippen molar-refractivity contribution in [1.29, 1.82) is 0 Å². The van der Waals surface area contributed by atoms with E-state index in [1.165, 1.54) is 7.11 Å². The highest BCUT2D eigenvalue weighted by Gasteiger charge is 2.42. The van der Waals surface area contributed by atoms with Gasteiger partial charge in [0, 0.05) is 12.6 Å². The van der Waals surface area contributed by atoms with Gasteiger partial charge in [0.1, 0.15) is 11.2 Å². The summed E-state index contributed by atoms with van der Waals surface area (Å²) in [6, 6.07) is -0.428. The fourth-order valence-corrected chi connectivity index (χ4v) is 2.95. The molecule has 0 spiro atoms. The lowest BCUT2D eigenvalue weighted by Gasteiger charge is -2.25. The maximum absolute atomic E-state index is 12.2. The first-order chi connectivity index (χ1) is 12.7. The molecule has 2 N–H and O–H groups in total. The fourth-order valence-electron chi connectivity index (χ4n) is 2.95. The number of amides is 2. The number of hydrogen-bond donors (Lipinski definition) is 2. The standard InChI is InChI=1S/C20H36N2O6/c1-12(22-18(25)28-20(5,6)7)15(16(23)26-8)10-13-9-14(13)11-21-17(24)27-19(2,3)4/h12-15H,9-11H2,1-8H3,(H,21,24)(H,22,25)/t12-,13?,14?,15-/m1/s1. The molecule has 1 fully saturated rings. The van der Waals surface area contributed by atoms with Crippen molar-refractivity contribution in [3.05, 3.63) is 0 Å². The summed E-state index contributed by atoms with van der Waals surface area (Å²) in [5.74, 6) is -0.279. The molecule has 0 bridgehead atoms. The third kappa shape index (κ3) is 9.28. The molecule has 4 atom stereocenters.